The second kappa shape index (κ2) is 8.16. The summed E-state index contributed by atoms with van der Waals surface area (Å²) in [7, 11) is 2.78. The Morgan fingerprint density at radius 2 is 1.90 bits per heavy atom. The summed E-state index contributed by atoms with van der Waals surface area (Å²) in [5.74, 6) is -0.236. The number of amides is 1. The molecule has 0 saturated heterocycles. The molecule has 1 rings (SSSR count). The first kappa shape index (κ1) is 16.0. The van der Waals surface area contributed by atoms with Crippen LogP contribution in [0.3, 0.4) is 0 Å². The number of aliphatic hydroxyl groups excluding tert-OH is 1. The summed E-state index contributed by atoms with van der Waals surface area (Å²) in [6, 6.07) is 6.82. The van der Waals surface area contributed by atoms with E-state index < -0.39 is 5.97 Å². The molecule has 6 nitrogen and oxygen atoms in total. The van der Waals surface area contributed by atoms with E-state index in [0.29, 0.717) is 11.3 Å². The highest BCUT2D eigenvalue weighted by Crippen LogP contribution is 2.19. The van der Waals surface area contributed by atoms with Crippen LogP contribution in [0.4, 0.5) is 0 Å². The summed E-state index contributed by atoms with van der Waals surface area (Å²) in [4.78, 5) is 25.0. The van der Waals surface area contributed by atoms with Crippen LogP contribution in [0.1, 0.15) is 16.8 Å². The van der Waals surface area contributed by atoms with Crippen molar-refractivity contribution in [1.29, 1.82) is 0 Å². The van der Waals surface area contributed by atoms with Crippen LogP contribution in [0.2, 0.25) is 0 Å². The molecule has 0 saturated carbocycles. The average Bonchev–Trinajstić information content (AvgIpc) is 2.50. The van der Waals surface area contributed by atoms with Crippen molar-refractivity contribution in [1.82, 2.24) is 4.90 Å². The molecule has 0 radical (unpaired) electrons. The van der Waals surface area contributed by atoms with Gasteiger partial charge in [0.15, 0.2) is 0 Å². The van der Waals surface area contributed by atoms with Crippen LogP contribution in [0, 0.1) is 0 Å². The lowest BCUT2D eigenvalue weighted by Crippen LogP contribution is -2.35. The maximum atomic E-state index is 12.4. The molecule has 0 unspecified atom stereocenters. The number of rotatable bonds is 7. The number of aliphatic hydroxyl groups is 1. The number of ether oxygens (including phenoxy) is 2. The third-order valence-corrected chi connectivity index (χ3v) is 2.81. The van der Waals surface area contributed by atoms with Crippen molar-refractivity contribution in [3.05, 3.63) is 29.8 Å². The quantitative estimate of drug-likeness (QED) is 0.744. The first-order valence-corrected chi connectivity index (χ1v) is 6.24. The van der Waals surface area contributed by atoms with Gasteiger partial charge in [-0.15, -0.1) is 0 Å². The number of esters is 1. The number of methoxy groups -OCH3 is 2. The molecule has 1 aromatic carbocycles. The van der Waals surface area contributed by atoms with Crippen molar-refractivity contribution in [2.24, 2.45) is 0 Å². The van der Waals surface area contributed by atoms with E-state index in [-0.39, 0.29) is 32.0 Å². The van der Waals surface area contributed by atoms with Crippen molar-refractivity contribution in [3.8, 4) is 5.75 Å². The molecule has 6 heteroatoms. The summed E-state index contributed by atoms with van der Waals surface area (Å²) in [5, 5.41) is 9.04. The summed E-state index contributed by atoms with van der Waals surface area (Å²) in [6.07, 6.45) is 0.0807. The van der Waals surface area contributed by atoms with Crippen LogP contribution in [0.5, 0.6) is 5.75 Å². The van der Waals surface area contributed by atoms with E-state index in [4.69, 9.17) is 9.84 Å². The molecule has 20 heavy (non-hydrogen) atoms. The number of hydrogen-bond acceptors (Lipinski definition) is 5. The van der Waals surface area contributed by atoms with Gasteiger partial charge in [-0.1, -0.05) is 12.1 Å². The van der Waals surface area contributed by atoms with Gasteiger partial charge in [-0.05, 0) is 12.1 Å². The molecule has 0 spiro atoms. The van der Waals surface area contributed by atoms with Gasteiger partial charge in [0.1, 0.15) is 5.75 Å². The molecule has 0 fully saturated rings. The summed E-state index contributed by atoms with van der Waals surface area (Å²) < 4.78 is 9.68. The van der Waals surface area contributed by atoms with Crippen molar-refractivity contribution in [2.45, 2.75) is 6.42 Å². The van der Waals surface area contributed by atoms with Crippen molar-refractivity contribution >= 4 is 11.9 Å². The zero-order valence-electron chi connectivity index (χ0n) is 11.7. The topological polar surface area (TPSA) is 76.1 Å². The number of nitrogens with zero attached hydrogens (tertiary/aromatic N) is 1. The van der Waals surface area contributed by atoms with Crippen molar-refractivity contribution in [3.63, 3.8) is 0 Å². The fourth-order valence-electron chi connectivity index (χ4n) is 1.76. The number of hydrogen-bond donors (Lipinski definition) is 1. The molecule has 0 bridgehead atoms. The Bertz CT molecular complexity index is 461. The second-order valence-corrected chi connectivity index (χ2v) is 4.04. The van der Waals surface area contributed by atoms with Crippen LogP contribution in [0.15, 0.2) is 24.3 Å². The van der Waals surface area contributed by atoms with Gasteiger partial charge in [-0.2, -0.15) is 0 Å². The monoisotopic (exact) mass is 281 g/mol. The maximum absolute atomic E-state index is 12.4. The molecule has 0 aliphatic rings. The van der Waals surface area contributed by atoms with Gasteiger partial charge in [0, 0.05) is 13.1 Å². The Kier molecular flexibility index (Phi) is 6.52. The standard InChI is InChI=1S/C14H19NO5/c1-19-12-6-4-3-5-11(12)14(18)15(9-10-16)8-7-13(17)20-2/h3-6,16H,7-10H2,1-2H3. The molecule has 0 aliphatic carbocycles. The van der Waals surface area contributed by atoms with Gasteiger partial charge < -0.3 is 19.5 Å². The molecular formula is C14H19NO5. The Morgan fingerprint density at radius 3 is 2.50 bits per heavy atom. The third-order valence-electron chi connectivity index (χ3n) is 2.81. The van der Waals surface area contributed by atoms with E-state index in [0.717, 1.165) is 0 Å². The summed E-state index contributed by atoms with van der Waals surface area (Å²) in [5.41, 5.74) is 0.397. The minimum Gasteiger partial charge on any atom is -0.496 e. The van der Waals surface area contributed by atoms with Crippen LogP contribution in [0.25, 0.3) is 0 Å². The Labute approximate surface area is 117 Å². The van der Waals surface area contributed by atoms with E-state index in [2.05, 4.69) is 4.74 Å². The second-order valence-electron chi connectivity index (χ2n) is 4.04. The minimum absolute atomic E-state index is 0.0807. The minimum atomic E-state index is -0.402. The van der Waals surface area contributed by atoms with E-state index in [1.165, 1.54) is 19.1 Å². The zero-order chi connectivity index (χ0) is 15.0. The highest BCUT2D eigenvalue weighted by molar-refractivity contribution is 5.97. The molecule has 0 atom stereocenters. The van der Waals surface area contributed by atoms with Gasteiger partial charge in [0.05, 0.1) is 32.8 Å². The SMILES string of the molecule is COC(=O)CCN(CCO)C(=O)c1ccccc1OC. The Balaban J connectivity index is 2.84. The molecule has 0 aliphatic heterocycles. The fraction of sp³-hybridized carbons (Fsp3) is 0.429. The lowest BCUT2D eigenvalue weighted by atomic mass is 10.1. The fourth-order valence-corrected chi connectivity index (χ4v) is 1.76. The van der Waals surface area contributed by atoms with E-state index in [1.807, 2.05) is 0 Å². The Morgan fingerprint density at radius 1 is 1.20 bits per heavy atom. The van der Waals surface area contributed by atoms with E-state index >= 15 is 0 Å². The molecule has 1 amide bonds. The smallest absolute Gasteiger partial charge is 0.307 e. The molecule has 0 heterocycles. The highest BCUT2D eigenvalue weighted by Gasteiger charge is 2.19. The summed E-state index contributed by atoms with van der Waals surface area (Å²) >= 11 is 0. The van der Waals surface area contributed by atoms with Crippen LogP contribution < -0.4 is 4.74 Å². The first-order valence-electron chi connectivity index (χ1n) is 6.24. The number of benzene rings is 1. The number of carbonyl (C=O) groups is 2. The van der Waals surface area contributed by atoms with Gasteiger partial charge in [0.25, 0.3) is 5.91 Å². The molecule has 1 aromatic rings. The van der Waals surface area contributed by atoms with Gasteiger partial charge in [-0.3, -0.25) is 9.59 Å². The van der Waals surface area contributed by atoms with E-state index in [1.54, 1.807) is 24.3 Å². The van der Waals surface area contributed by atoms with Crippen LogP contribution >= 0.6 is 0 Å². The van der Waals surface area contributed by atoms with Gasteiger partial charge in [-0.25, -0.2) is 0 Å². The van der Waals surface area contributed by atoms with Crippen LogP contribution in [-0.4, -0.2) is 55.8 Å². The van der Waals surface area contributed by atoms with Crippen molar-refractivity contribution in [2.75, 3.05) is 33.9 Å². The normalized spacial score (nSPS) is 9.95. The maximum Gasteiger partial charge on any atom is 0.307 e. The van der Waals surface area contributed by atoms with Crippen LogP contribution in [-0.2, 0) is 9.53 Å². The first-order chi connectivity index (χ1) is 9.63. The molecule has 1 N–H and O–H groups in total. The Hall–Kier alpha value is -2.08. The summed E-state index contributed by atoms with van der Waals surface area (Å²) in [6.45, 7) is 0.153. The molecular weight excluding hydrogens is 262 g/mol. The lowest BCUT2D eigenvalue weighted by Gasteiger charge is -2.22. The zero-order valence-corrected chi connectivity index (χ0v) is 11.7. The number of carbonyl (C=O) groups excluding carboxylic acids is 2. The number of para-hydroxylation sites is 1. The lowest BCUT2D eigenvalue weighted by molar-refractivity contribution is -0.140. The van der Waals surface area contributed by atoms with Crippen molar-refractivity contribution < 1.29 is 24.2 Å². The van der Waals surface area contributed by atoms with E-state index in [9.17, 15) is 9.59 Å². The predicted octanol–water partition coefficient (Wildman–Crippen LogP) is 0.693. The van der Waals surface area contributed by atoms with Gasteiger partial charge in [0.2, 0.25) is 0 Å². The largest absolute Gasteiger partial charge is 0.496 e. The third kappa shape index (κ3) is 4.24. The predicted molar refractivity (Wildman–Crippen MR) is 72.6 cm³/mol. The van der Waals surface area contributed by atoms with Gasteiger partial charge >= 0.3 is 5.97 Å². The molecule has 110 valence electrons. The average molecular weight is 281 g/mol. The molecule has 0 aromatic heterocycles. The highest BCUT2D eigenvalue weighted by atomic mass is 16.5.